The first-order valence-corrected chi connectivity index (χ1v) is 10.9. The number of sulfonamides is 1. The summed E-state index contributed by atoms with van der Waals surface area (Å²) in [4.78, 5) is 25.2. The van der Waals surface area contributed by atoms with E-state index in [1.54, 1.807) is 18.2 Å². The number of carbonyl (C=O) groups excluding carboxylic acids is 2. The first kappa shape index (κ1) is 23.3. The Labute approximate surface area is 175 Å². The van der Waals surface area contributed by atoms with Crippen molar-refractivity contribution in [1.29, 1.82) is 0 Å². The molecule has 0 bridgehead atoms. The summed E-state index contributed by atoms with van der Waals surface area (Å²) >= 11 is 0. The maximum absolute atomic E-state index is 13.2. The van der Waals surface area contributed by atoms with Gasteiger partial charge >= 0.3 is 0 Å². The fourth-order valence-electron chi connectivity index (χ4n) is 2.79. The maximum Gasteiger partial charge on any atom is 0.253 e. The maximum atomic E-state index is 13.2. The molecule has 2 amide bonds. The van der Waals surface area contributed by atoms with Crippen LogP contribution >= 0.6 is 0 Å². The molecule has 0 aliphatic rings. The Hall–Kier alpha value is -2.98. The van der Waals surface area contributed by atoms with Crippen molar-refractivity contribution in [2.45, 2.75) is 13.0 Å². The highest BCUT2D eigenvalue weighted by atomic mass is 32.2. The smallest absolute Gasteiger partial charge is 0.253 e. The molecule has 2 N–H and O–H groups in total. The summed E-state index contributed by atoms with van der Waals surface area (Å²) in [6.07, 6.45) is 0.956. The molecule has 0 fully saturated rings. The molecule has 2 aromatic carbocycles. The van der Waals surface area contributed by atoms with Crippen molar-refractivity contribution in [3.63, 3.8) is 0 Å². The highest BCUT2D eigenvalue weighted by Crippen LogP contribution is 2.23. The minimum absolute atomic E-state index is 0.146. The van der Waals surface area contributed by atoms with E-state index in [0.717, 1.165) is 22.7 Å². The molecule has 162 valence electrons. The number of rotatable bonds is 9. The molecule has 0 heterocycles. The van der Waals surface area contributed by atoms with Crippen LogP contribution in [0.4, 0.5) is 15.8 Å². The SMILES string of the molecule is COCCNC(=O)c1ccccc1NC(=O)[C@H](C)N(c1ccc(F)cc1)S(C)(=O)=O. The van der Waals surface area contributed by atoms with Gasteiger partial charge in [-0.2, -0.15) is 0 Å². The van der Waals surface area contributed by atoms with Crippen molar-refractivity contribution >= 4 is 33.2 Å². The Balaban J connectivity index is 2.25. The molecular formula is C20H24FN3O5S. The van der Waals surface area contributed by atoms with Crippen molar-refractivity contribution in [3.05, 3.63) is 59.9 Å². The highest BCUT2D eigenvalue weighted by molar-refractivity contribution is 7.92. The summed E-state index contributed by atoms with van der Waals surface area (Å²) in [7, 11) is -2.34. The van der Waals surface area contributed by atoms with Gasteiger partial charge in [-0.15, -0.1) is 0 Å². The Bertz CT molecular complexity index is 996. The lowest BCUT2D eigenvalue weighted by molar-refractivity contribution is -0.116. The molecule has 0 saturated heterocycles. The molecule has 0 aliphatic heterocycles. The molecule has 0 spiro atoms. The number of amides is 2. The van der Waals surface area contributed by atoms with E-state index in [0.29, 0.717) is 13.2 Å². The lowest BCUT2D eigenvalue weighted by atomic mass is 10.1. The Morgan fingerprint density at radius 1 is 1.13 bits per heavy atom. The van der Waals surface area contributed by atoms with Gasteiger partial charge in [0.25, 0.3) is 5.91 Å². The van der Waals surface area contributed by atoms with Crippen molar-refractivity contribution in [1.82, 2.24) is 5.32 Å². The molecule has 0 aliphatic carbocycles. The molecule has 30 heavy (non-hydrogen) atoms. The second kappa shape index (κ2) is 10.2. The summed E-state index contributed by atoms with van der Waals surface area (Å²) in [5, 5.41) is 5.27. The fraction of sp³-hybridized carbons (Fsp3) is 0.300. The zero-order chi connectivity index (χ0) is 22.3. The van der Waals surface area contributed by atoms with Gasteiger partial charge in [-0.3, -0.25) is 13.9 Å². The summed E-state index contributed by atoms with van der Waals surface area (Å²) in [5.41, 5.74) is 0.603. The highest BCUT2D eigenvalue weighted by Gasteiger charge is 2.29. The number of nitrogens with zero attached hydrogens (tertiary/aromatic N) is 1. The Kier molecular flexibility index (Phi) is 7.90. The minimum Gasteiger partial charge on any atom is -0.383 e. The predicted octanol–water partition coefficient (Wildman–Crippen LogP) is 2.00. The zero-order valence-corrected chi connectivity index (χ0v) is 17.7. The van der Waals surface area contributed by atoms with Gasteiger partial charge in [-0.1, -0.05) is 12.1 Å². The zero-order valence-electron chi connectivity index (χ0n) is 16.9. The Morgan fingerprint density at radius 3 is 2.37 bits per heavy atom. The van der Waals surface area contributed by atoms with E-state index in [2.05, 4.69) is 10.6 Å². The van der Waals surface area contributed by atoms with E-state index >= 15 is 0 Å². The van der Waals surface area contributed by atoms with Gasteiger partial charge in [0.05, 0.1) is 29.8 Å². The number of nitrogens with one attached hydrogen (secondary N) is 2. The second-order valence-corrected chi connectivity index (χ2v) is 8.35. The molecule has 0 aromatic heterocycles. The molecule has 1 atom stereocenters. The van der Waals surface area contributed by atoms with E-state index in [1.165, 1.54) is 32.2 Å². The van der Waals surface area contributed by atoms with Crippen molar-refractivity contribution < 1.29 is 27.1 Å². The van der Waals surface area contributed by atoms with Crippen LogP contribution < -0.4 is 14.9 Å². The first-order valence-electron chi connectivity index (χ1n) is 9.07. The fourth-order valence-corrected chi connectivity index (χ4v) is 3.96. The minimum atomic E-state index is -3.85. The molecule has 0 unspecified atom stereocenters. The molecule has 2 aromatic rings. The lowest BCUT2D eigenvalue weighted by Crippen LogP contribution is -2.45. The third kappa shape index (κ3) is 6.01. The standard InChI is InChI=1S/C20H24FN3O5S/c1-14(24(30(3,27)28)16-10-8-15(21)9-11-16)19(25)23-18-7-5-4-6-17(18)20(26)22-12-13-29-2/h4-11,14H,12-13H2,1-3H3,(H,22,26)(H,23,25)/t14-/m0/s1. The monoisotopic (exact) mass is 437 g/mol. The summed E-state index contributed by atoms with van der Waals surface area (Å²) in [5.74, 6) is -1.59. The van der Waals surface area contributed by atoms with Crippen LogP contribution in [0.1, 0.15) is 17.3 Å². The number of carbonyl (C=O) groups is 2. The summed E-state index contributed by atoms with van der Waals surface area (Å²) in [6.45, 7) is 2.03. The molecule has 8 nitrogen and oxygen atoms in total. The van der Waals surface area contributed by atoms with E-state index in [9.17, 15) is 22.4 Å². The first-order chi connectivity index (χ1) is 14.1. The number of hydrogen-bond acceptors (Lipinski definition) is 5. The van der Waals surface area contributed by atoms with Gasteiger partial charge < -0.3 is 15.4 Å². The summed E-state index contributed by atoms with van der Waals surface area (Å²) < 4.78 is 43.6. The van der Waals surface area contributed by atoms with Gasteiger partial charge in [0.2, 0.25) is 15.9 Å². The number of para-hydroxylation sites is 1. The van der Waals surface area contributed by atoms with Crippen LogP contribution in [-0.4, -0.2) is 52.8 Å². The van der Waals surface area contributed by atoms with Crippen molar-refractivity contribution in [2.75, 3.05) is 36.1 Å². The normalized spacial score (nSPS) is 12.1. The molecular weight excluding hydrogens is 413 g/mol. The summed E-state index contributed by atoms with van der Waals surface area (Å²) in [6, 6.07) is 9.97. The topological polar surface area (TPSA) is 105 Å². The van der Waals surface area contributed by atoms with Crippen LogP contribution in [-0.2, 0) is 19.6 Å². The van der Waals surface area contributed by atoms with Crippen molar-refractivity contribution in [3.8, 4) is 0 Å². The quantitative estimate of drug-likeness (QED) is 0.584. The number of benzene rings is 2. The van der Waals surface area contributed by atoms with Crippen LogP contribution in [0.15, 0.2) is 48.5 Å². The number of halogens is 1. The third-order valence-electron chi connectivity index (χ3n) is 4.19. The van der Waals surface area contributed by atoms with Gasteiger partial charge in [-0.05, 0) is 43.3 Å². The third-order valence-corrected chi connectivity index (χ3v) is 5.43. The predicted molar refractivity (Wildman–Crippen MR) is 112 cm³/mol. The molecule has 0 saturated carbocycles. The van der Waals surface area contributed by atoms with Gasteiger partial charge in [0.1, 0.15) is 11.9 Å². The van der Waals surface area contributed by atoms with E-state index in [4.69, 9.17) is 4.74 Å². The Morgan fingerprint density at radius 2 is 1.77 bits per heavy atom. The van der Waals surface area contributed by atoms with Gasteiger partial charge in [0.15, 0.2) is 0 Å². The van der Waals surface area contributed by atoms with E-state index in [-0.39, 0.29) is 16.9 Å². The largest absolute Gasteiger partial charge is 0.383 e. The van der Waals surface area contributed by atoms with Crippen LogP contribution in [0.3, 0.4) is 0 Å². The van der Waals surface area contributed by atoms with Gasteiger partial charge in [-0.25, -0.2) is 12.8 Å². The number of anilines is 2. The average Bonchev–Trinajstić information content (AvgIpc) is 2.69. The van der Waals surface area contributed by atoms with Gasteiger partial charge in [0, 0.05) is 13.7 Å². The van der Waals surface area contributed by atoms with Crippen LogP contribution in [0.25, 0.3) is 0 Å². The van der Waals surface area contributed by atoms with E-state index in [1.807, 2.05) is 0 Å². The number of hydrogen-bond donors (Lipinski definition) is 2. The number of ether oxygens (including phenoxy) is 1. The molecule has 10 heteroatoms. The number of methoxy groups -OCH3 is 1. The van der Waals surface area contributed by atoms with Crippen LogP contribution in [0, 0.1) is 5.82 Å². The second-order valence-electron chi connectivity index (χ2n) is 6.49. The van der Waals surface area contributed by atoms with Crippen LogP contribution in [0.5, 0.6) is 0 Å². The molecule has 0 radical (unpaired) electrons. The lowest BCUT2D eigenvalue weighted by Gasteiger charge is -2.28. The van der Waals surface area contributed by atoms with Crippen molar-refractivity contribution in [2.24, 2.45) is 0 Å². The van der Waals surface area contributed by atoms with E-state index < -0.39 is 33.7 Å². The van der Waals surface area contributed by atoms with Crippen LogP contribution in [0.2, 0.25) is 0 Å². The molecule has 2 rings (SSSR count). The average molecular weight is 437 g/mol.